The van der Waals surface area contributed by atoms with Crippen LogP contribution in [-0.2, 0) is 12.8 Å². The van der Waals surface area contributed by atoms with Crippen LogP contribution in [0.4, 0.5) is 0 Å². The third-order valence-electron chi connectivity index (χ3n) is 1.49. The van der Waals surface area contributed by atoms with Gasteiger partial charge in [-0.25, -0.2) is 0 Å². The Labute approximate surface area is 99.2 Å². The van der Waals surface area contributed by atoms with Gasteiger partial charge in [-0.3, -0.25) is 0 Å². The monoisotopic (exact) mass is 155 g/mol. The van der Waals surface area contributed by atoms with Crippen LogP contribution in [0.5, 0.6) is 0 Å². The molecule has 0 bridgehead atoms. The van der Waals surface area contributed by atoms with Crippen molar-refractivity contribution in [1.82, 2.24) is 4.31 Å². The van der Waals surface area contributed by atoms with E-state index in [-0.39, 0.29) is 51.4 Å². The Morgan fingerprint density at radius 1 is 1.62 bits per heavy atom. The average Bonchev–Trinajstić information content (AvgIpc) is 1.91. The maximum atomic E-state index is 4.96. The first-order chi connectivity index (χ1) is 3.30. The molecule has 1 aliphatic rings. The maximum Gasteiger partial charge on any atom is 1.00 e. The molecule has 1 nitrogen and oxygen atoms in total. The molecule has 1 aliphatic heterocycles. The smallest absolute Gasteiger partial charge is 0.702 e. The number of hydrogen-bond donors (Lipinski definition) is 0. The minimum absolute atomic E-state index is 0. The van der Waals surface area contributed by atoms with Crippen molar-refractivity contribution >= 4 is 12.8 Å². The van der Waals surface area contributed by atoms with Gasteiger partial charge < -0.3 is 17.1 Å². The van der Waals surface area contributed by atoms with E-state index in [0.29, 0.717) is 6.04 Å². The Hall–Kier alpha value is 1.95. The first kappa shape index (κ1) is 9.95. The zero-order valence-corrected chi connectivity index (χ0v) is 9.49. The third kappa shape index (κ3) is 2.69. The van der Waals surface area contributed by atoms with Crippen molar-refractivity contribution in [2.45, 2.75) is 25.8 Å². The molecular weight excluding hydrogens is 145 g/mol. The van der Waals surface area contributed by atoms with Crippen molar-refractivity contribution in [2.75, 3.05) is 6.54 Å². The molecule has 1 fully saturated rings. The molecule has 0 amide bonds. The molecule has 0 saturated carbocycles. The van der Waals surface area contributed by atoms with Crippen LogP contribution in [0.25, 0.3) is 0 Å². The van der Waals surface area contributed by atoms with Gasteiger partial charge in [-0.05, 0) is 25.4 Å². The fourth-order valence-electron chi connectivity index (χ4n) is 0.907. The van der Waals surface area contributed by atoms with E-state index in [1.807, 2.05) is 4.31 Å². The Morgan fingerprint density at radius 3 is 2.38 bits per heavy atom. The van der Waals surface area contributed by atoms with Crippen molar-refractivity contribution in [1.29, 1.82) is 0 Å². The van der Waals surface area contributed by atoms with E-state index in [9.17, 15) is 0 Å². The predicted molar refractivity (Wildman–Crippen MR) is 32.8 cm³/mol. The van der Waals surface area contributed by atoms with Crippen LogP contribution in [-0.4, -0.2) is 16.9 Å². The van der Waals surface area contributed by atoms with Gasteiger partial charge in [0.25, 0.3) is 0 Å². The van der Waals surface area contributed by atoms with Crippen LogP contribution in [0, 0.1) is 0 Å². The molecule has 1 unspecified atom stereocenters. The summed E-state index contributed by atoms with van der Waals surface area (Å²) in [7, 11) is 0. The fourth-order valence-corrected chi connectivity index (χ4v) is 1.14. The molecule has 0 aromatic carbocycles. The van der Waals surface area contributed by atoms with E-state index in [1.165, 1.54) is 12.8 Å². The zero-order valence-electron chi connectivity index (χ0n) is 5.55. The van der Waals surface area contributed by atoms with Crippen molar-refractivity contribution in [2.24, 2.45) is 0 Å². The molecule has 1 rings (SSSR count). The van der Waals surface area contributed by atoms with Crippen LogP contribution in [0.15, 0.2) is 0 Å². The van der Waals surface area contributed by atoms with Crippen molar-refractivity contribution in [3.05, 3.63) is 0 Å². The predicted octanol–water partition coefficient (Wildman–Crippen LogP) is -2.06. The van der Waals surface area contributed by atoms with Gasteiger partial charge in [0.15, 0.2) is 0 Å². The summed E-state index contributed by atoms with van der Waals surface area (Å²) in [6.07, 6.45) is 2.59. The Kier molecular flexibility index (Phi) is 5.86. The second kappa shape index (κ2) is 4.71. The SMILES string of the molecule is CC1CCCN1[S-].[K+]. The molecule has 1 saturated heterocycles. The summed E-state index contributed by atoms with van der Waals surface area (Å²) in [5.41, 5.74) is 0. The van der Waals surface area contributed by atoms with Gasteiger partial charge in [-0.1, -0.05) is 6.92 Å². The second-order valence-electron chi connectivity index (χ2n) is 2.13. The summed E-state index contributed by atoms with van der Waals surface area (Å²) in [5.74, 6) is 0. The normalized spacial score (nSPS) is 30.0. The Morgan fingerprint density at radius 2 is 2.25 bits per heavy atom. The molecule has 0 spiro atoms. The molecular formula is C5H10KNS. The van der Waals surface area contributed by atoms with E-state index in [4.69, 9.17) is 12.8 Å². The molecule has 1 atom stereocenters. The Bertz CT molecular complexity index is 61.4. The molecule has 0 aromatic heterocycles. The van der Waals surface area contributed by atoms with E-state index in [1.54, 1.807) is 0 Å². The number of rotatable bonds is 0. The number of hydrogen-bond acceptors (Lipinski definition) is 2. The molecule has 3 heteroatoms. The summed E-state index contributed by atoms with van der Waals surface area (Å²) in [5, 5.41) is 0. The molecule has 1 heterocycles. The first-order valence-corrected chi connectivity index (χ1v) is 3.11. The van der Waals surface area contributed by atoms with Crippen LogP contribution in [0.3, 0.4) is 0 Å². The van der Waals surface area contributed by atoms with E-state index < -0.39 is 0 Å². The Balaban J connectivity index is 0.000000490. The van der Waals surface area contributed by atoms with Crippen LogP contribution >= 0.6 is 0 Å². The van der Waals surface area contributed by atoms with Crippen molar-refractivity contribution in [3.8, 4) is 0 Å². The molecule has 8 heavy (non-hydrogen) atoms. The van der Waals surface area contributed by atoms with Gasteiger partial charge in [0.1, 0.15) is 0 Å². The van der Waals surface area contributed by atoms with E-state index >= 15 is 0 Å². The van der Waals surface area contributed by atoms with Gasteiger partial charge >= 0.3 is 51.4 Å². The van der Waals surface area contributed by atoms with Gasteiger partial charge in [-0.15, -0.1) is 0 Å². The molecule has 0 aliphatic carbocycles. The first-order valence-electron chi connectivity index (χ1n) is 2.74. The van der Waals surface area contributed by atoms with Crippen LogP contribution in [0.1, 0.15) is 19.8 Å². The minimum atomic E-state index is 0. The van der Waals surface area contributed by atoms with E-state index in [0.717, 1.165) is 6.54 Å². The van der Waals surface area contributed by atoms with Crippen molar-refractivity contribution in [3.63, 3.8) is 0 Å². The van der Waals surface area contributed by atoms with Crippen molar-refractivity contribution < 1.29 is 51.4 Å². The summed E-state index contributed by atoms with van der Waals surface area (Å²) >= 11 is 4.96. The van der Waals surface area contributed by atoms with Gasteiger partial charge in [-0.2, -0.15) is 0 Å². The van der Waals surface area contributed by atoms with Gasteiger partial charge in [0, 0.05) is 0 Å². The summed E-state index contributed by atoms with van der Waals surface area (Å²) in [4.78, 5) is 0. The fraction of sp³-hybridized carbons (Fsp3) is 1.00. The molecule has 42 valence electrons. The quantitative estimate of drug-likeness (QED) is 0.292. The number of nitrogens with zero attached hydrogens (tertiary/aromatic N) is 1. The van der Waals surface area contributed by atoms with Crippen LogP contribution in [0.2, 0.25) is 0 Å². The maximum absolute atomic E-state index is 4.96. The molecule has 0 N–H and O–H groups in total. The zero-order chi connectivity index (χ0) is 5.28. The summed E-state index contributed by atoms with van der Waals surface area (Å²) in [6, 6.07) is 0.662. The van der Waals surface area contributed by atoms with Crippen LogP contribution < -0.4 is 51.4 Å². The summed E-state index contributed by atoms with van der Waals surface area (Å²) in [6.45, 7) is 3.30. The van der Waals surface area contributed by atoms with Gasteiger partial charge in [0.05, 0.1) is 0 Å². The second-order valence-corrected chi connectivity index (χ2v) is 2.60. The standard InChI is InChI=1S/C5H10NS.K/c1-5-3-2-4-6(5)7;/h5H,2-4H2,1H3;/q-1;+1. The summed E-state index contributed by atoms with van der Waals surface area (Å²) < 4.78 is 1.99. The molecule has 0 aromatic rings. The topological polar surface area (TPSA) is 3.24 Å². The van der Waals surface area contributed by atoms with Gasteiger partial charge in [0.2, 0.25) is 0 Å². The van der Waals surface area contributed by atoms with E-state index in [2.05, 4.69) is 6.92 Å². The average molecular weight is 155 g/mol. The third-order valence-corrected chi connectivity index (χ3v) is 2.03. The largest absolute Gasteiger partial charge is 1.00 e. The minimum Gasteiger partial charge on any atom is -0.702 e. The molecule has 0 radical (unpaired) electrons.